The number of para-hydroxylation sites is 1. The number of benzene rings is 1. The van der Waals surface area contributed by atoms with Gasteiger partial charge in [0, 0.05) is 4.47 Å². The van der Waals surface area contributed by atoms with E-state index in [4.69, 9.17) is 4.74 Å². The predicted octanol–water partition coefficient (Wildman–Crippen LogP) is 1.88. The van der Waals surface area contributed by atoms with E-state index in [1.807, 2.05) is 18.2 Å². The number of ether oxygens (including phenoxy) is 1. The Bertz CT molecular complexity index is 451. The number of halogens is 1. The van der Waals surface area contributed by atoms with Crippen LogP contribution in [0.25, 0.3) is 0 Å². The number of nitrogens with zero attached hydrogens (tertiary/aromatic N) is 1. The molecule has 0 heterocycles. The number of carbonyl (C=O) groups is 2. The van der Waals surface area contributed by atoms with E-state index in [-0.39, 0.29) is 25.0 Å². The molecule has 1 N–H and O–H groups in total. The molecule has 0 aromatic heterocycles. The quantitative estimate of drug-likeness (QED) is 0.810. The number of hydrogen-bond acceptors (Lipinski definition) is 4. The van der Waals surface area contributed by atoms with Crippen molar-refractivity contribution in [1.82, 2.24) is 4.90 Å². The molecule has 104 valence electrons. The van der Waals surface area contributed by atoms with Crippen LogP contribution >= 0.6 is 15.9 Å². The first kappa shape index (κ1) is 15.7. The molecule has 19 heavy (non-hydrogen) atoms. The molecule has 0 saturated heterocycles. The van der Waals surface area contributed by atoms with Crippen molar-refractivity contribution in [2.45, 2.75) is 6.92 Å². The van der Waals surface area contributed by atoms with E-state index in [0.717, 1.165) is 4.47 Å². The number of nitrogens with one attached hydrogen (secondary N) is 1. The van der Waals surface area contributed by atoms with E-state index in [1.165, 1.54) is 0 Å². The highest BCUT2D eigenvalue weighted by Crippen LogP contribution is 2.20. The summed E-state index contributed by atoms with van der Waals surface area (Å²) in [5, 5.41) is 2.77. The third kappa shape index (κ3) is 5.85. The maximum atomic E-state index is 11.8. The highest BCUT2D eigenvalue weighted by Gasteiger charge is 2.12. The fourth-order valence-corrected chi connectivity index (χ4v) is 1.86. The van der Waals surface area contributed by atoms with Gasteiger partial charge in [0.25, 0.3) is 0 Å². The second kappa shape index (κ2) is 7.91. The van der Waals surface area contributed by atoms with Gasteiger partial charge in [-0.1, -0.05) is 12.1 Å². The molecule has 0 bridgehead atoms. The minimum Gasteiger partial charge on any atom is -0.465 e. The van der Waals surface area contributed by atoms with Crippen molar-refractivity contribution < 1.29 is 14.3 Å². The zero-order chi connectivity index (χ0) is 14.3. The highest BCUT2D eigenvalue weighted by atomic mass is 79.9. The van der Waals surface area contributed by atoms with E-state index in [1.54, 1.807) is 24.9 Å². The lowest BCUT2D eigenvalue weighted by Crippen LogP contribution is -2.34. The number of esters is 1. The minimum atomic E-state index is -0.335. The Labute approximate surface area is 121 Å². The van der Waals surface area contributed by atoms with Gasteiger partial charge < -0.3 is 10.1 Å². The normalized spacial score (nSPS) is 10.3. The summed E-state index contributed by atoms with van der Waals surface area (Å²) in [7, 11) is 1.69. The molecule has 0 fully saturated rings. The van der Waals surface area contributed by atoms with Crippen LogP contribution in [0.4, 0.5) is 5.69 Å². The monoisotopic (exact) mass is 328 g/mol. The van der Waals surface area contributed by atoms with Crippen LogP contribution in [0.3, 0.4) is 0 Å². The molecule has 0 spiro atoms. The van der Waals surface area contributed by atoms with E-state index >= 15 is 0 Å². The maximum Gasteiger partial charge on any atom is 0.320 e. The predicted molar refractivity (Wildman–Crippen MR) is 76.9 cm³/mol. The largest absolute Gasteiger partial charge is 0.465 e. The Balaban J connectivity index is 2.43. The SMILES string of the molecule is CCOC(=O)CN(C)CC(=O)Nc1ccccc1Br. The first-order valence-corrected chi connectivity index (χ1v) is 6.70. The van der Waals surface area contributed by atoms with Crippen molar-refractivity contribution in [3.05, 3.63) is 28.7 Å². The zero-order valence-corrected chi connectivity index (χ0v) is 12.6. The lowest BCUT2D eigenvalue weighted by atomic mass is 10.3. The number of likely N-dealkylation sites (N-methyl/N-ethyl adjacent to an activating group) is 1. The molecule has 5 nitrogen and oxygen atoms in total. The van der Waals surface area contributed by atoms with Crippen molar-refractivity contribution in [2.75, 3.05) is 32.1 Å². The van der Waals surface area contributed by atoms with Gasteiger partial charge in [-0.25, -0.2) is 0 Å². The van der Waals surface area contributed by atoms with Gasteiger partial charge in [-0.2, -0.15) is 0 Å². The fraction of sp³-hybridized carbons (Fsp3) is 0.385. The standard InChI is InChI=1S/C13H17BrN2O3/c1-3-19-13(18)9-16(2)8-12(17)15-11-7-5-4-6-10(11)14/h4-7H,3,8-9H2,1-2H3,(H,15,17). The number of amides is 1. The van der Waals surface area contributed by atoms with Gasteiger partial charge in [0.05, 0.1) is 25.4 Å². The number of anilines is 1. The van der Waals surface area contributed by atoms with Crippen LogP contribution in [-0.2, 0) is 14.3 Å². The Hall–Kier alpha value is -1.40. The van der Waals surface area contributed by atoms with E-state index < -0.39 is 0 Å². The molecular weight excluding hydrogens is 312 g/mol. The van der Waals surface area contributed by atoms with Crippen LogP contribution in [0.15, 0.2) is 28.7 Å². The molecule has 1 aromatic rings. The van der Waals surface area contributed by atoms with Gasteiger partial charge in [0.2, 0.25) is 5.91 Å². The highest BCUT2D eigenvalue weighted by molar-refractivity contribution is 9.10. The number of carbonyl (C=O) groups excluding carboxylic acids is 2. The van der Waals surface area contributed by atoms with E-state index in [0.29, 0.717) is 12.3 Å². The summed E-state index contributed by atoms with van der Waals surface area (Å²) < 4.78 is 5.63. The second-order valence-electron chi connectivity index (χ2n) is 4.01. The summed E-state index contributed by atoms with van der Waals surface area (Å²) >= 11 is 3.35. The maximum absolute atomic E-state index is 11.8. The Morgan fingerprint density at radius 1 is 1.32 bits per heavy atom. The smallest absolute Gasteiger partial charge is 0.320 e. The summed E-state index contributed by atoms with van der Waals surface area (Å²) in [6, 6.07) is 7.35. The van der Waals surface area contributed by atoms with Gasteiger partial charge in [0.15, 0.2) is 0 Å². The second-order valence-corrected chi connectivity index (χ2v) is 4.86. The van der Waals surface area contributed by atoms with Gasteiger partial charge in [0.1, 0.15) is 0 Å². The van der Waals surface area contributed by atoms with Gasteiger partial charge in [-0.3, -0.25) is 14.5 Å². The van der Waals surface area contributed by atoms with E-state index in [2.05, 4.69) is 21.2 Å². The average Bonchev–Trinajstić information content (AvgIpc) is 2.31. The Morgan fingerprint density at radius 2 is 2.00 bits per heavy atom. The Morgan fingerprint density at radius 3 is 2.63 bits per heavy atom. The molecule has 1 amide bonds. The first-order chi connectivity index (χ1) is 9.02. The number of rotatable bonds is 6. The fourth-order valence-electron chi connectivity index (χ4n) is 1.48. The molecule has 0 radical (unpaired) electrons. The van der Waals surface area contributed by atoms with Crippen molar-refractivity contribution in [1.29, 1.82) is 0 Å². The van der Waals surface area contributed by atoms with E-state index in [9.17, 15) is 9.59 Å². The average molecular weight is 329 g/mol. The topological polar surface area (TPSA) is 58.6 Å². The van der Waals surface area contributed by atoms with Gasteiger partial charge in [-0.15, -0.1) is 0 Å². The summed E-state index contributed by atoms with van der Waals surface area (Å²) in [5.41, 5.74) is 0.706. The molecule has 0 saturated carbocycles. The summed E-state index contributed by atoms with van der Waals surface area (Å²) in [6.45, 7) is 2.31. The molecule has 6 heteroatoms. The zero-order valence-electron chi connectivity index (χ0n) is 11.0. The van der Waals surface area contributed by atoms with Crippen molar-refractivity contribution in [2.24, 2.45) is 0 Å². The minimum absolute atomic E-state index is 0.0945. The van der Waals surface area contributed by atoms with Gasteiger partial charge in [-0.05, 0) is 42.0 Å². The lowest BCUT2D eigenvalue weighted by molar-refractivity contribution is -0.144. The van der Waals surface area contributed by atoms with Crippen molar-refractivity contribution in [3.63, 3.8) is 0 Å². The van der Waals surface area contributed by atoms with Crippen LogP contribution in [-0.4, -0.2) is 43.5 Å². The summed E-state index contributed by atoms with van der Waals surface area (Å²) in [6.07, 6.45) is 0. The Kier molecular flexibility index (Phi) is 6.52. The van der Waals surface area contributed by atoms with Gasteiger partial charge >= 0.3 is 5.97 Å². The third-order valence-corrected chi connectivity index (χ3v) is 2.96. The molecule has 0 aliphatic rings. The molecule has 0 unspecified atom stereocenters. The molecule has 1 rings (SSSR count). The van der Waals surface area contributed by atoms with Crippen LogP contribution in [0, 0.1) is 0 Å². The van der Waals surface area contributed by atoms with Crippen LogP contribution in [0.1, 0.15) is 6.92 Å². The third-order valence-electron chi connectivity index (χ3n) is 2.27. The van der Waals surface area contributed by atoms with Crippen LogP contribution < -0.4 is 5.32 Å². The van der Waals surface area contributed by atoms with Crippen molar-refractivity contribution >= 4 is 33.5 Å². The lowest BCUT2D eigenvalue weighted by Gasteiger charge is -2.15. The van der Waals surface area contributed by atoms with Crippen molar-refractivity contribution in [3.8, 4) is 0 Å². The molecule has 0 atom stereocenters. The summed E-state index contributed by atoms with van der Waals surface area (Å²) in [5.74, 6) is -0.516. The molecule has 1 aromatic carbocycles. The van der Waals surface area contributed by atoms with Crippen LogP contribution in [0.2, 0.25) is 0 Å². The molecule has 0 aliphatic heterocycles. The van der Waals surface area contributed by atoms with Crippen LogP contribution in [0.5, 0.6) is 0 Å². The first-order valence-electron chi connectivity index (χ1n) is 5.91. The molecular formula is C13H17BrN2O3. The molecule has 0 aliphatic carbocycles. The number of hydrogen-bond donors (Lipinski definition) is 1. The summed E-state index contributed by atoms with van der Waals surface area (Å²) in [4.78, 5) is 24.6.